The predicted molar refractivity (Wildman–Crippen MR) is 146 cm³/mol. The van der Waals surface area contributed by atoms with E-state index in [9.17, 15) is 9.59 Å². The summed E-state index contributed by atoms with van der Waals surface area (Å²) in [7, 11) is 4.77. The summed E-state index contributed by atoms with van der Waals surface area (Å²) < 4.78 is 16.3. The van der Waals surface area contributed by atoms with Gasteiger partial charge in [0.1, 0.15) is 17.2 Å². The highest BCUT2D eigenvalue weighted by atomic mass is 16.5. The summed E-state index contributed by atoms with van der Waals surface area (Å²) in [6.07, 6.45) is 5.17. The number of hydrogen-bond acceptors (Lipinski definition) is 5. The molecular weight excluding hydrogens is 480 g/mol. The molecular formula is C31H34N2O5. The van der Waals surface area contributed by atoms with Crippen molar-refractivity contribution in [2.24, 2.45) is 0 Å². The second-order valence-electron chi connectivity index (χ2n) is 9.84. The molecule has 0 bridgehead atoms. The van der Waals surface area contributed by atoms with Crippen LogP contribution in [0.3, 0.4) is 0 Å². The zero-order valence-electron chi connectivity index (χ0n) is 22.1. The van der Waals surface area contributed by atoms with Gasteiger partial charge in [-0.2, -0.15) is 0 Å². The Hall–Kier alpha value is -4.00. The highest BCUT2D eigenvalue weighted by Crippen LogP contribution is 2.46. The summed E-state index contributed by atoms with van der Waals surface area (Å²) in [5, 5.41) is 3.10. The summed E-state index contributed by atoms with van der Waals surface area (Å²) in [5.74, 6) is 1.01. The third kappa shape index (κ3) is 4.80. The van der Waals surface area contributed by atoms with Crippen molar-refractivity contribution in [2.75, 3.05) is 26.6 Å². The van der Waals surface area contributed by atoms with Gasteiger partial charge in [-0.25, -0.2) is 0 Å². The molecule has 3 aromatic carbocycles. The van der Waals surface area contributed by atoms with E-state index in [0.717, 1.165) is 42.6 Å². The van der Waals surface area contributed by atoms with Crippen LogP contribution in [-0.2, 0) is 4.79 Å². The summed E-state index contributed by atoms with van der Waals surface area (Å²) >= 11 is 0. The minimum Gasteiger partial charge on any atom is -0.497 e. The molecule has 1 heterocycles. The smallest absolute Gasteiger partial charge is 0.254 e. The highest BCUT2D eigenvalue weighted by molar-refractivity contribution is 6.05. The molecule has 2 amide bonds. The van der Waals surface area contributed by atoms with E-state index in [-0.39, 0.29) is 17.9 Å². The first-order chi connectivity index (χ1) is 18.5. The normalized spacial score (nSPS) is 19.4. The number of benzene rings is 3. The third-order valence-corrected chi connectivity index (χ3v) is 7.75. The van der Waals surface area contributed by atoms with Crippen LogP contribution < -0.4 is 19.5 Å². The van der Waals surface area contributed by atoms with E-state index in [2.05, 4.69) is 5.32 Å². The van der Waals surface area contributed by atoms with Crippen LogP contribution in [0.15, 0.2) is 66.7 Å². The van der Waals surface area contributed by atoms with E-state index in [0.29, 0.717) is 22.7 Å². The number of methoxy groups -OCH3 is 3. The third-order valence-electron chi connectivity index (χ3n) is 7.75. The van der Waals surface area contributed by atoms with Crippen LogP contribution in [0.1, 0.15) is 65.5 Å². The Labute approximate surface area is 223 Å². The summed E-state index contributed by atoms with van der Waals surface area (Å²) in [6.45, 7) is 0. The number of nitrogens with one attached hydrogen (secondary N) is 1. The Bertz CT molecular complexity index is 1300. The predicted octanol–water partition coefficient (Wildman–Crippen LogP) is 5.96. The lowest BCUT2D eigenvalue weighted by Crippen LogP contribution is -2.51. The fourth-order valence-corrected chi connectivity index (χ4v) is 5.87. The topological polar surface area (TPSA) is 77.1 Å². The second-order valence-corrected chi connectivity index (χ2v) is 9.84. The molecule has 0 radical (unpaired) electrons. The Balaban J connectivity index is 1.64. The minimum absolute atomic E-state index is 0.0173. The molecule has 38 heavy (non-hydrogen) atoms. The zero-order valence-corrected chi connectivity index (χ0v) is 22.1. The van der Waals surface area contributed by atoms with Gasteiger partial charge in [-0.15, -0.1) is 0 Å². The van der Waals surface area contributed by atoms with Gasteiger partial charge in [0.25, 0.3) is 5.91 Å². The number of ether oxygens (including phenoxy) is 3. The van der Waals surface area contributed by atoms with E-state index >= 15 is 0 Å². The van der Waals surface area contributed by atoms with E-state index in [1.807, 2.05) is 53.4 Å². The number of nitrogens with zero attached hydrogens (tertiary/aromatic N) is 1. The Morgan fingerprint density at radius 2 is 1.53 bits per heavy atom. The van der Waals surface area contributed by atoms with E-state index < -0.39 is 12.0 Å². The van der Waals surface area contributed by atoms with Crippen molar-refractivity contribution in [1.82, 2.24) is 4.90 Å². The van der Waals surface area contributed by atoms with Crippen molar-refractivity contribution in [2.45, 2.75) is 50.1 Å². The number of hydrogen-bond donors (Lipinski definition) is 1. The van der Waals surface area contributed by atoms with Gasteiger partial charge >= 0.3 is 0 Å². The number of anilines is 1. The van der Waals surface area contributed by atoms with E-state index in [1.165, 1.54) is 6.42 Å². The first-order valence-corrected chi connectivity index (χ1v) is 13.1. The van der Waals surface area contributed by atoms with Crippen LogP contribution in [0.4, 0.5) is 5.69 Å². The summed E-state index contributed by atoms with van der Waals surface area (Å²) in [5.41, 5.74) is 2.73. The Morgan fingerprint density at radius 1 is 0.842 bits per heavy atom. The van der Waals surface area contributed by atoms with Crippen molar-refractivity contribution >= 4 is 17.5 Å². The molecule has 198 valence electrons. The Kier molecular flexibility index (Phi) is 7.54. The lowest BCUT2D eigenvalue weighted by Gasteiger charge is -2.46. The van der Waals surface area contributed by atoms with Gasteiger partial charge in [-0.05, 0) is 54.3 Å². The molecule has 1 aliphatic heterocycles. The minimum atomic E-state index is -0.630. The molecule has 1 saturated carbocycles. The standard InChI is InChI=1S/C31H34N2O5/c1-36-22-15-13-20(14-16-22)29-28(30(34)32-26-19-23(37-2)17-18-27(26)38-3)24-11-7-8-12-25(24)31(35)33(29)21-9-5-4-6-10-21/h7-8,11-19,21,28-29H,4-6,9-10H2,1-3H3,(H,32,34)/t28-,29+/m0/s1. The van der Waals surface area contributed by atoms with Gasteiger partial charge in [0.05, 0.1) is 39.0 Å². The molecule has 1 aliphatic carbocycles. The van der Waals surface area contributed by atoms with Gasteiger partial charge in [-0.1, -0.05) is 49.6 Å². The maximum absolute atomic E-state index is 14.3. The van der Waals surface area contributed by atoms with Gasteiger partial charge < -0.3 is 24.4 Å². The van der Waals surface area contributed by atoms with Crippen LogP contribution >= 0.6 is 0 Å². The number of carbonyl (C=O) groups excluding carboxylic acids is 2. The molecule has 0 spiro atoms. The molecule has 5 rings (SSSR count). The molecule has 7 heteroatoms. The number of amides is 2. The fourth-order valence-electron chi connectivity index (χ4n) is 5.87. The van der Waals surface area contributed by atoms with Crippen molar-refractivity contribution < 1.29 is 23.8 Å². The number of rotatable bonds is 7. The van der Waals surface area contributed by atoms with Crippen LogP contribution in [-0.4, -0.2) is 44.1 Å². The molecule has 2 atom stereocenters. The molecule has 0 saturated heterocycles. The molecule has 3 aromatic rings. The fraction of sp³-hybridized carbons (Fsp3) is 0.355. The molecule has 0 aromatic heterocycles. The monoisotopic (exact) mass is 514 g/mol. The van der Waals surface area contributed by atoms with E-state index in [1.54, 1.807) is 39.5 Å². The van der Waals surface area contributed by atoms with Gasteiger partial charge in [-0.3, -0.25) is 9.59 Å². The zero-order chi connectivity index (χ0) is 26.6. The quantitative estimate of drug-likeness (QED) is 0.421. The van der Waals surface area contributed by atoms with Crippen LogP contribution in [0.2, 0.25) is 0 Å². The van der Waals surface area contributed by atoms with E-state index in [4.69, 9.17) is 14.2 Å². The largest absolute Gasteiger partial charge is 0.497 e. The van der Waals surface area contributed by atoms with Crippen molar-refractivity contribution in [3.63, 3.8) is 0 Å². The lowest BCUT2D eigenvalue weighted by molar-refractivity contribution is -0.119. The van der Waals surface area contributed by atoms with Crippen LogP contribution in [0.5, 0.6) is 17.2 Å². The van der Waals surface area contributed by atoms with Crippen LogP contribution in [0.25, 0.3) is 0 Å². The average molecular weight is 515 g/mol. The summed E-state index contributed by atoms with van der Waals surface area (Å²) in [6, 6.07) is 20.1. The lowest BCUT2D eigenvalue weighted by atomic mass is 9.77. The second kappa shape index (κ2) is 11.2. The summed E-state index contributed by atoms with van der Waals surface area (Å²) in [4.78, 5) is 30.3. The SMILES string of the molecule is COc1ccc([C@@H]2[C@@H](C(=O)Nc3cc(OC)ccc3OC)c3ccccc3C(=O)N2C2CCCCC2)cc1. The first-order valence-electron chi connectivity index (χ1n) is 13.1. The number of fused-ring (bicyclic) bond motifs is 1. The maximum atomic E-state index is 14.3. The van der Waals surface area contributed by atoms with Crippen molar-refractivity contribution in [1.29, 1.82) is 0 Å². The van der Waals surface area contributed by atoms with Crippen molar-refractivity contribution in [3.8, 4) is 17.2 Å². The first kappa shape index (κ1) is 25.6. The van der Waals surface area contributed by atoms with Gasteiger partial charge in [0.2, 0.25) is 5.91 Å². The average Bonchev–Trinajstić information content (AvgIpc) is 2.97. The maximum Gasteiger partial charge on any atom is 0.254 e. The molecule has 2 aliphatic rings. The van der Waals surface area contributed by atoms with Gasteiger partial charge in [0, 0.05) is 17.7 Å². The molecule has 0 unspecified atom stereocenters. The Morgan fingerprint density at radius 3 is 2.21 bits per heavy atom. The highest BCUT2D eigenvalue weighted by Gasteiger charge is 2.46. The molecule has 1 fully saturated rings. The van der Waals surface area contributed by atoms with Gasteiger partial charge in [0.15, 0.2) is 0 Å². The van der Waals surface area contributed by atoms with Crippen molar-refractivity contribution in [3.05, 3.63) is 83.4 Å². The molecule has 7 nitrogen and oxygen atoms in total. The molecule has 1 N–H and O–H groups in total. The number of carbonyl (C=O) groups is 2. The van der Waals surface area contributed by atoms with Crippen LogP contribution in [0, 0.1) is 0 Å².